The molecule has 0 saturated carbocycles. The Kier molecular flexibility index (Phi) is 5.28. The average molecular weight is 444 g/mol. The molecule has 0 saturated heterocycles. The lowest BCUT2D eigenvalue weighted by Gasteiger charge is -2.23. The van der Waals surface area contributed by atoms with Crippen LogP contribution in [0.1, 0.15) is 34.6 Å². The van der Waals surface area contributed by atoms with E-state index in [0.717, 1.165) is 11.1 Å². The van der Waals surface area contributed by atoms with Crippen LogP contribution in [-0.4, -0.2) is 9.53 Å². The molecule has 24 heavy (non-hydrogen) atoms. The largest absolute Gasteiger partial charge is 0.429 e. The Morgan fingerprint density at radius 1 is 0.875 bits per heavy atom. The van der Waals surface area contributed by atoms with Gasteiger partial charge in [-0.2, -0.15) is 8.78 Å². The van der Waals surface area contributed by atoms with Crippen LogP contribution in [0, 0.1) is 5.41 Å². The van der Waals surface area contributed by atoms with Crippen molar-refractivity contribution in [1.29, 1.82) is 0 Å². The lowest BCUT2D eigenvalue weighted by molar-refractivity contribution is -0.177. The fourth-order valence-corrected chi connectivity index (χ4v) is 3.69. The maximum atomic E-state index is 14.8. The molecule has 0 aromatic heterocycles. The van der Waals surface area contributed by atoms with Gasteiger partial charge in [0.15, 0.2) is 0 Å². The summed E-state index contributed by atoms with van der Waals surface area (Å²) in [5.41, 5.74) is 1.49. The highest BCUT2D eigenvalue weighted by molar-refractivity contribution is 14.1. The molecule has 2 aliphatic carbocycles. The fourth-order valence-electron chi connectivity index (χ4n) is 2.86. The summed E-state index contributed by atoms with van der Waals surface area (Å²) < 4.78 is 34.2. The van der Waals surface area contributed by atoms with Gasteiger partial charge >= 0.3 is 6.11 Å². The van der Waals surface area contributed by atoms with Crippen molar-refractivity contribution in [1.82, 2.24) is 0 Å². The van der Waals surface area contributed by atoms with Crippen LogP contribution in [0.15, 0.2) is 71.1 Å². The first-order valence-corrected chi connectivity index (χ1v) is 8.93. The van der Waals surface area contributed by atoms with Crippen molar-refractivity contribution in [2.75, 3.05) is 0 Å². The van der Waals surface area contributed by atoms with Crippen LogP contribution >= 0.6 is 22.6 Å². The van der Waals surface area contributed by atoms with E-state index in [-0.39, 0.29) is 16.7 Å². The second-order valence-corrected chi connectivity index (χ2v) is 9.51. The van der Waals surface area contributed by atoms with Gasteiger partial charge in [0, 0.05) is 5.41 Å². The Bertz CT molecular complexity index is 701. The standard InChI is InChI=1S/C20H23F2IO/c1-14-7-9-17(13-18(3,4)10-14)24-20(21,22)16-8-6-15(2)11-19(5,23)12-16/h6-13H,1-5H3. The molecule has 0 aliphatic heterocycles. The Labute approximate surface area is 156 Å². The molecule has 0 bridgehead atoms. The average Bonchev–Trinajstić information content (AvgIpc) is 2.59. The Morgan fingerprint density at radius 3 is 2.12 bits per heavy atom. The minimum absolute atomic E-state index is 0.131. The number of hydrogen-bond donors (Lipinski definition) is 0. The molecule has 0 fully saturated rings. The lowest BCUT2D eigenvalue weighted by Crippen LogP contribution is -2.24. The van der Waals surface area contributed by atoms with Crippen molar-refractivity contribution in [3.05, 3.63) is 71.1 Å². The highest BCUT2D eigenvalue weighted by atomic mass is 127. The lowest BCUT2D eigenvalue weighted by atomic mass is 9.91. The maximum Gasteiger partial charge on any atom is 0.426 e. The summed E-state index contributed by atoms with van der Waals surface area (Å²) in [5.74, 6) is 0.177. The van der Waals surface area contributed by atoms with Crippen LogP contribution < -0.4 is 0 Å². The molecule has 0 N–H and O–H groups in total. The van der Waals surface area contributed by atoms with E-state index in [1.165, 1.54) is 6.08 Å². The van der Waals surface area contributed by atoms with Crippen LogP contribution in [0.3, 0.4) is 0 Å². The van der Waals surface area contributed by atoms with Gasteiger partial charge in [-0.25, -0.2) is 0 Å². The van der Waals surface area contributed by atoms with E-state index in [0.29, 0.717) is 0 Å². The summed E-state index contributed by atoms with van der Waals surface area (Å²) in [4.78, 5) is 0. The SMILES string of the molecule is CC1=CC(C)(C)C=C(OC(F)(F)C2=CC(C)(I)C=C(C)C=C2)C=C1. The van der Waals surface area contributed by atoms with Gasteiger partial charge in [-0.3, -0.25) is 0 Å². The molecule has 0 radical (unpaired) electrons. The van der Waals surface area contributed by atoms with Crippen LogP contribution in [0.4, 0.5) is 8.78 Å². The van der Waals surface area contributed by atoms with E-state index in [1.54, 1.807) is 30.4 Å². The molecule has 1 nitrogen and oxygen atoms in total. The highest BCUT2D eigenvalue weighted by Gasteiger charge is 2.38. The number of allylic oxidation sites excluding steroid dienone is 9. The molecule has 0 amide bonds. The quantitative estimate of drug-likeness (QED) is 0.350. The monoisotopic (exact) mass is 444 g/mol. The number of alkyl halides is 3. The molecule has 130 valence electrons. The Balaban J connectivity index is 2.32. The molecule has 2 aliphatic rings. The molecule has 1 unspecified atom stereocenters. The van der Waals surface area contributed by atoms with Crippen LogP contribution in [0.5, 0.6) is 0 Å². The molecule has 0 aromatic carbocycles. The third kappa shape index (κ3) is 5.16. The third-order valence-corrected chi connectivity index (χ3v) is 4.30. The highest BCUT2D eigenvalue weighted by Crippen LogP contribution is 2.38. The van der Waals surface area contributed by atoms with E-state index < -0.39 is 9.53 Å². The minimum Gasteiger partial charge on any atom is -0.429 e. The predicted octanol–water partition coefficient (Wildman–Crippen LogP) is 6.66. The smallest absolute Gasteiger partial charge is 0.426 e. The van der Waals surface area contributed by atoms with Crippen molar-refractivity contribution in [3.63, 3.8) is 0 Å². The summed E-state index contributed by atoms with van der Waals surface area (Å²) in [5, 5.41) is 0. The van der Waals surface area contributed by atoms with E-state index in [9.17, 15) is 8.78 Å². The molecule has 2 rings (SSSR count). The van der Waals surface area contributed by atoms with Gasteiger partial charge < -0.3 is 4.74 Å². The molecule has 1 atom stereocenters. The van der Waals surface area contributed by atoms with Gasteiger partial charge in [0.05, 0.1) is 8.99 Å². The van der Waals surface area contributed by atoms with E-state index >= 15 is 0 Å². The number of halogens is 3. The summed E-state index contributed by atoms with van der Waals surface area (Å²) in [6.45, 7) is 9.66. The zero-order chi connectivity index (χ0) is 18.2. The second-order valence-electron chi connectivity index (χ2n) is 7.18. The van der Waals surface area contributed by atoms with Gasteiger partial charge in [0.2, 0.25) is 0 Å². The first-order valence-electron chi connectivity index (χ1n) is 7.86. The predicted molar refractivity (Wildman–Crippen MR) is 104 cm³/mol. The molecule has 0 aromatic rings. The van der Waals surface area contributed by atoms with Crippen molar-refractivity contribution < 1.29 is 13.5 Å². The molecule has 4 heteroatoms. The van der Waals surface area contributed by atoms with Crippen molar-refractivity contribution in [2.24, 2.45) is 5.41 Å². The second kappa shape index (κ2) is 6.62. The van der Waals surface area contributed by atoms with Crippen LogP contribution in [0.2, 0.25) is 0 Å². The zero-order valence-electron chi connectivity index (χ0n) is 14.7. The van der Waals surface area contributed by atoms with Crippen LogP contribution in [0.25, 0.3) is 0 Å². The van der Waals surface area contributed by atoms with E-state index in [1.807, 2.05) is 46.8 Å². The molecule has 0 heterocycles. The molecular formula is C20H23F2IO. The van der Waals surface area contributed by atoms with Gasteiger partial charge in [0.25, 0.3) is 0 Å². The van der Waals surface area contributed by atoms with E-state index in [2.05, 4.69) is 22.6 Å². The topological polar surface area (TPSA) is 9.23 Å². The summed E-state index contributed by atoms with van der Waals surface area (Å²) >= 11 is 2.15. The summed E-state index contributed by atoms with van der Waals surface area (Å²) in [7, 11) is 0. The van der Waals surface area contributed by atoms with Crippen molar-refractivity contribution >= 4 is 22.6 Å². The van der Waals surface area contributed by atoms with Gasteiger partial charge in [0.1, 0.15) is 5.76 Å². The van der Waals surface area contributed by atoms with Crippen molar-refractivity contribution in [3.8, 4) is 0 Å². The van der Waals surface area contributed by atoms with E-state index in [4.69, 9.17) is 4.74 Å². The maximum absolute atomic E-state index is 14.8. The normalized spacial score (nSPS) is 26.7. The molecule has 0 spiro atoms. The van der Waals surface area contributed by atoms with Crippen LogP contribution in [-0.2, 0) is 4.74 Å². The van der Waals surface area contributed by atoms with Gasteiger partial charge in [-0.15, -0.1) is 0 Å². The Hall–Kier alpha value is -1.17. The zero-order valence-corrected chi connectivity index (χ0v) is 16.8. The van der Waals surface area contributed by atoms with Crippen molar-refractivity contribution in [2.45, 2.75) is 44.1 Å². The van der Waals surface area contributed by atoms with Gasteiger partial charge in [-0.05, 0) is 39.0 Å². The minimum atomic E-state index is -3.40. The Morgan fingerprint density at radius 2 is 1.46 bits per heavy atom. The van der Waals surface area contributed by atoms with Gasteiger partial charge in [-0.1, -0.05) is 78.0 Å². The number of rotatable bonds is 3. The summed E-state index contributed by atoms with van der Waals surface area (Å²) in [6.07, 6.45) is 10.4. The third-order valence-electron chi connectivity index (χ3n) is 3.68. The number of hydrogen-bond acceptors (Lipinski definition) is 1. The summed E-state index contributed by atoms with van der Waals surface area (Å²) in [6, 6.07) is 0. The first-order chi connectivity index (χ1) is 10.9. The fraction of sp³-hybridized carbons (Fsp3) is 0.400. The molecular weight excluding hydrogens is 421 g/mol. The first kappa shape index (κ1) is 19.2. The number of ether oxygens (including phenoxy) is 1.